The Balaban J connectivity index is 1.98. The lowest BCUT2D eigenvalue weighted by Gasteiger charge is -2.31. The Kier molecular flexibility index (Phi) is 6.96. The zero-order chi connectivity index (χ0) is 16.7. The fourth-order valence-corrected chi connectivity index (χ4v) is 4.09. The molecule has 126 valence electrons. The maximum absolute atomic E-state index is 12.3. The lowest BCUT2D eigenvalue weighted by molar-refractivity contribution is 0.0229. The van der Waals surface area contributed by atoms with Gasteiger partial charge in [-0.05, 0) is 45.2 Å². The van der Waals surface area contributed by atoms with E-state index in [1.165, 1.54) is 11.8 Å². The summed E-state index contributed by atoms with van der Waals surface area (Å²) in [7, 11) is 0. The molecule has 0 N–H and O–H groups in total. The molecule has 1 aliphatic carbocycles. The van der Waals surface area contributed by atoms with E-state index in [0.717, 1.165) is 25.7 Å². The van der Waals surface area contributed by atoms with E-state index in [2.05, 4.69) is 0 Å². The van der Waals surface area contributed by atoms with Gasteiger partial charge in [0.05, 0.1) is 10.8 Å². The van der Waals surface area contributed by atoms with Crippen LogP contribution in [-0.2, 0) is 4.74 Å². The number of nitrogens with zero attached hydrogens (tertiary/aromatic N) is 1. The number of hydrogen-bond acceptors (Lipinski definition) is 4. The summed E-state index contributed by atoms with van der Waals surface area (Å²) < 4.78 is 5.71. The van der Waals surface area contributed by atoms with Crippen LogP contribution >= 0.6 is 11.8 Å². The van der Waals surface area contributed by atoms with Crippen LogP contribution in [-0.4, -0.2) is 40.6 Å². The Morgan fingerprint density at radius 1 is 1.13 bits per heavy atom. The third-order valence-electron chi connectivity index (χ3n) is 4.18. The van der Waals surface area contributed by atoms with E-state index in [4.69, 9.17) is 4.74 Å². The average Bonchev–Trinajstić information content (AvgIpc) is 2.58. The first-order chi connectivity index (χ1) is 11.2. The standard InChI is InChI=1S/C18H25NO3S/c1-3-19(4-2)18(21)23-16-13-9-8-12-15(16)22-17(20)14-10-6-5-7-11-14/h5-7,10-11,15-16H,3-4,8-9,12-13H2,1-2H3. The van der Waals surface area contributed by atoms with Gasteiger partial charge in [0.15, 0.2) is 0 Å². The van der Waals surface area contributed by atoms with Gasteiger partial charge in [-0.15, -0.1) is 0 Å². The summed E-state index contributed by atoms with van der Waals surface area (Å²) >= 11 is 1.33. The van der Waals surface area contributed by atoms with E-state index in [-0.39, 0.29) is 22.6 Å². The normalized spacial score (nSPS) is 20.8. The van der Waals surface area contributed by atoms with E-state index in [1.54, 1.807) is 12.1 Å². The summed E-state index contributed by atoms with van der Waals surface area (Å²) in [6, 6.07) is 9.04. The van der Waals surface area contributed by atoms with Gasteiger partial charge in [0.2, 0.25) is 0 Å². The maximum atomic E-state index is 12.3. The number of benzene rings is 1. The van der Waals surface area contributed by atoms with Crippen LogP contribution in [0.4, 0.5) is 4.79 Å². The number of rotatable bonds is 5. The second-order valence-corrected chi connectivity index (χ2v) is 6.88. The first-order valence-electron chi connectivity index (χ1n) is 8.37. The molecule has 2 unspecified atom stereocenters. The Hall–Kier alpha value is -1.49. The van der Waals surface area contributed by atoms with Crippen molar-refractivity contribution in [3.8, 4) is 0 Å². The molecule has 23 heavy (non-hydrogen) atoms. The second-order valence-electron chi connectivity index (χ2n) is 5.69. The summed E-state index contributed by atoms with van der Waals surface area (Å²) in [6.45, 7) is 5.39. The average molecular weight is 335 g/mol. The number of carbonyl (C=O) groups excluding carboxylic acids is 2. The summed E-state index contributed by atoms with van der Waals surface area (Å²) in [6.07, 6.45) is 3.71. The van der Waals surface area contributed by atoms with Crippen molar-refractivity contribution in [2.45, 2.75) is 50.9 Å². The van der Waals surface area contributed by atoms with E-state index >= 15 is 0 Å². The number of carbonyl (C=O) groups is 2. The summed E-state index contributed by atoms with van der Waals surface area (Å²) in [5.41, 5.74) is 0.567. The Morgan fingerprint density at radius 3 is 2.43 bits per heavy atom. The molecule has 0 saturated heterocycles. The molecule has 1 aromatic rings. The van der Waals surface area contributed by atoms with Crippen molar-refractivity contribution in [2.75, 3.05) is 13.1 Å². The van der Waals surface area contributed by atoms with Gasteiger partial charge < -0.3 is 9.64 Å². The third-order valence-corrected chi connectivity index (χ3v) is 5.49. The number of amides is 1. The van der Waals surface area contributed by atoms with Crippen molar-refractivity contribution in [3.05, 3.63) is 35.9 Å². The SMILES string of the molecule is CCN(CC)C(=O)SC1CCCCC1OC(=O)c1ccccc1. The molecule has 1 fully saturated rings. The Morgan fingerprint density at radius 2 is 1.78 bits per heavy atom. The van der Waals surface area contributed by atoms with Crippen LogP contribution in [0.3, 0.4) is 0 Å². The molecule has 2 atom stereocenters. The molecule has 0 spiro atoms. The lowest BCUT2D eigenvalue weighted by atomic mass is 9.97. The first kappa shape index (κ1) is 17.9. The largest absolute Gasteiger partial charge is 0.458 e. The van der Waals surface area contributed by atoms with E-state index in [9.17, 15) is 9.59 Å². The fraction of sp³-hybridized carbons (Fsp3) is 0.556. The maximum Gasteiger partial charge on any atom is 0.338 e. The quantitative estimate of drug-likeness (QED) is 0.751. The van der Waals surface area contributed by atoms with E-state index in [0.29, 0.717) is 18.7 Å². The predicted octanol–water partition coefficient (Wildman–Crippen LogP) is 4.35. The lowest BCUT2D eigenvalue weighted by Crippen LogP contribution is -2.36. The number of hydrogen-bond donors (Lipinski definition) is 0. The van der Waals surface area contributed by atoms with Crippen molar-refractivity contribution in [1.29, 1.82) is 0 Å². The molecule has 2 rings (SSSR count). The molecule has 0 aromatic heterocycles. The minimum atomic E-state index is -0.293. The van der Waals surface area contributed by atoms with Crippen LogP contribution in [0, 0.1) is 0 Å². The Labute approximate surface area is 142 Å². The highest BCUT2D eigenvalue weighted by molar-refractivity contribution is 8.14. The molecule has 1 aliphatic rings. The van der Waals surface area contributed by atoms with Crippen LogP contribution in [0.2, 0.25) is 0 Å². The smallest absolute Gasteiger partial charge is 0.338 e. The molecular weight excluding hydrogens is 310 g/mol. The molecule has 0 radical (unpaired) electrons. The molecule has 5 heteroatoms. The number of thioether (sulfide) groups is 1. The van der Waals surface area contributed by atoms with Gasteiger partial charge in [-0.3, -0.25) is 4.79 Å². The third kappa shape index (κ3) is 4.99. The van der Waals surface area contributed by atoms with Gasteiger partial charge in [-0.2, -0.15) is 0 Å². The minimum Gasteiger partial charge on any atom is -0.458 e. The van der Waals surface area contributed by atoms with Gasteiger partial charge in [0, 0.05) is 13.1 Å². The van der Waals surface area contributed by atoms with Gasteiger partial charge in [0.25, 0.3) is 5.24 Å². The highest BCUT2D eigenvalue weighted by Gasteiger charge is 2.32. The number of ether oxygens (including phenoxy) is 1. The fourth-order valence-electron chi connectivity index (χ4n) is 2.80. The molecule has 1 saturated carbocycles. The van der Waals surface area contributed by atoms with Gasteiger partial charge in [-0.1, -0.05) is 36.4 Å². The van der Waals surface area contributed by atoms with Gasteiger partial charge in [-0.25, -0.2) is 4.79 Å². The van der Waals surface area contributed by atoms with E-state index < -0.39 is 0 Å². The van der Waals surface area contributed by atoms with E-state index in [1.807, 2.05) is 36.9 Å². The topological polar surface area (TPSA) is 46.6 Å². The molecule has 0 aliphatic heterocycles. The monoisotopic (exact) mass is 335 g/mol. The zero-order valence-electron chi connectivity index (χ0n) is 13.9. The van der Waals surface area contributed by atoms with Crippen LogP contribution in [0.15, 0.2) is 30.3 Å². The van der Waals surface area contributed by atoms with Crippen LogP contribution in [0.1, 0.15) is 49.9 Å². The molecular formula is C18H25NO3S. The van der Waals surface area contributed by atoms with Crippen LogP contribution in [0.5, 0.6) is 0 Å². The van der Waals surface area contributed by atoms with Crippen molar-refractivity contribution in [3.63, 3.8) is 0 Å². The minimum absolute atomic E-state index is 0.0597. The van der Waals surface area contributed by atoms with Gasteiger partial charge in [0.1, 0.15) is 6.10 Å². The predicted molar refractivity (Wildman–Crippen MR) is 93.8 cm³/mol. The Bertz CT molecular complexity index is 516. The molecule has 1 aromatic carbocycles. The molecule has 1 amide bonds. The first-order valence-corrected chi connectivity index (χ1v) is 9.25. The van der Waals surface area contributed by atoms with Gasteiger partial charge >= 0.3 is 5.97 Å². The van der Waals surface area contributed by atoms with Crippen molar-refractivity contribution >= 4 is 23.0 Å². The van der Waals surface area contributed by atoms with Crippen molar-refractivity contribution < 1.29 is 14.3 Å². The molecule has 0 heterocycles. The second kappa shape index (κ2) is 8.96. The highest BCUT2D eigenvalue weighted by atomic mass is 32.2. The number of esters is 1. The molecule has 0 bridgehead atoms. The molecule has 4 nitrogen and oxygen atoms in total. The highest BCUT2D eigenvalue weighted by Crippen LogP contribution is 2.32. The van der Waals surface area contributed by atoms with Crippen LogP contribution in [0.25, 0.3) is 0 Å². The van der Waals surface area contributed by atoms with Crippen LogP contribution < -0.4 is 0 Å². The summed E-state index contributed by atoms with van der Waals surface area (Å²) in [5.74, 6) is -0.293. The van der Waals surface area contributed by atoms with Crippen molar-refractivity contribution in [1.82, 2.24) is 4.90 Å². The zero-order valence-corrected chi connectivity index (χ0v) is 14.7. The summed E-state index contributed by atoms with van der Waals surface area (Å²) in [5, 5.41) is 0.146. The summed E-state index contributed by atoms with van der Waals surface area (Å²) in [4.78, 5) is 26.4. The van der Waals surface area contributed by atoms with Crippen molar-refractivity contribution in [2.24, 2.45) is 0 Å².